The van der Waals surface area contributed by atoms with E-state index < -0.39 is 6.09 Å². The number of carbonyl (C=O) groups excluding carboxylic acids is 2. The van der Waals surface area contributed by atoms with Gasteiger partial charge < -0.3 is 14.4 Å². The summed E-state index contributed by atoms with van der Waals surface area (Å²) in [5.41, 5.74) is 0.991. The Morgan fingerprint density at radius 3 is 2.78 bits per heavy atom. The van der Waals surface area contributed by atoms with Crippen LogP contribution in [0.4, 0.5) is 10.5 Å². The third-order valence-corrected chi connectivity index (χ3v) is 5.54. The molecule has 1 heterocycles. The second-order valence-electron chi connectivity index (χ2n) is 7.16. The van der Waals surface area contributed by atoms with E-state index >= 15 is 0 Å². The molecule has 1 saturated carbocycles. The summed E-state index contributed by atoms with van der Waals surface area (Å²) in [7, 11) is 1.51. The minimum atomic E-state index is -0.645. The number of ether oxygens (including phenoxy) is 2. The number of anilines is 1. The lowest BCUT2D eigenvalue weighted by Gasteiger charge is -2.41. The topological polar surface area (TPSA) is 67.9 Å². The predicted octanol–water partition coefficient (Wildman–Crippen LogP) is 3.53. The molecule has 1 aliphatic carbocycles. The molecule has 6 nitrogen and oxygen atoms in total. The summed E-state index contributed by atoms with van der Waals surface area (Å²) in [4.78, 5) is 26.6. The Morgan fingerprint density at radius 2 is 2.04 bits per heavy atom. The molecule has 1 N–H and O–H groups in total. The first-order valence-electron chi connectivity index (χ1n) is 9.47. The molecule has 2 amide bonds. The molecule has 1 aromatic rings. The van der Waals surface area contributed by atoms with E-state index in [1.807, 2.05) is 4.90 Å². The monoisotopic (exact) mass is 370 g/mol. The number of methoxy groups -OCH3 is 1. The van der Waals surface area contributed by atoms with Crippen LogP contribution in [0.15, 0.2) is 18.2 Å². The Balaban J connectivity index is 1.69. The molecule has 0 bridgehead atoms. The SMILES string of the molecule is C#CCOC(=O)Nc1ccc(C(=O)N2CC[C@H]3CCCC[C@H]3C2)c(OC)c1. The number of amides is 2. The Morgan fingerprint density at radius 1 is 1.26 bits per heavy atom. The van der Waals surface area contributed by atoms with Gasteiger partial charge in [-0.3, -0.25) is 10.1 Å². The molecule has 0 radical (unpaired) electrons. The van der Waals surface area contributed by atoms with Crippen LogP contribution in [-0.2, 0) is 4.74 Å². The normalized spacial score (nSPS) is 21.6. The van der Waals surface area contributed by atoms with E-state index in [0.717, 1.165) is 25.4 Å². The number of nitrogens with one attached hydrogen (secondary N) is 1. The zero-order chi connectivity index (χ0) is 19.2. The van der Waals surface area contributed by atoms with Gasteiger partial charge in [-0.15, -0.1) is 6.42 Å². The quantitative estimate of drug-likeness (QED) is 0.824. The maximum atomic E-state index is 13.0. The van der Waals surface area contributed by atoms with Gasteiger partial charge in [-0.05, 0) is 36.8 Å². The number of carbonyl (C=O) groups is 2. The molecule has 3 rings (SSSR count). The van der Waals surface area contributed by atoms with Gasteiger partial charge >= 0.3 is 6.09 Å². The van der Waals surface area contributed by atoms with E-state index in [9.17, 15) is 9.59 Å². The number of piperidine rings is 1. The van der Waals surface area contributed by atoms with Gasteiger partial charge in [-0.1, -0.05) is 25.2 Å². The molecular weight excluding hydrogens is 344 g/mol. The molecule has 6 heteroatoms. The van der Waals surface area contributed by atoms with Crippen LogP contribution in [0.5, 0.6) is 5.75 Å². The zero-order valence-electron chi connectivity index (χ0n) is 15.7. The van der Waals surface area contributed by atoms with Gasteiger partial charge in [0.25, 0.3) is 5.91 Å². The molecular formula is C21H26N2O4. The van der Waals surface area contributed by atoms with Gasteiger partial charge in [0.05, 0.1) is 12.7 Å². The fraction of sp³-hybridized carbons (Fsp3) is 0.524. The summed E-state index contributed by atoms with van der Waals surface area (Å²) in [6.07, 6.45) is 10.6. The largest absolute Gasteiger partial charge is 0.496 e. The van der Waals surface area contributed by atoms with Gasteiger partial charge in [0.2, 0.25) is 0 Å². The highest BCUT2D eigenvalue weighted by atomic mass is 16.5. The summed E-state index contributed by atoms with van der Waals surface area (Å²) < 4.78 is 10.2. The van der Waals surface area contributed by atoms with Crippen LogP contribution < -0.4 is 10.1 Å². The highest BCUT2D eigenvalue weighted by molar-refractivity contribution is 5.98. The number of hydrogen-bond donors (Lipinski definition) is 1. The molecule has 27 heavy (non-hydrogen) atoms. The molecule has 1 saturated heterocycles. The first-order valence-corrected chi connectivity index (χ1v) is 9.47. The lowest BCUT2D eigenvalue weighted by Crippen LogP contribution is -2.44. The molecule has 0 aromatic heterocycles. The maximum absolute atomic E-state index is 13.0. The van der Waals surface area contributed by atoms with Crippen LogP contribution in [-0.4, -0.2) is 43.7 Å². The molecule has 0 spiro atoms. The highest BCUT2D eigenvalue weighted by Crippen LogP contribution is 2.37. The summed E-state index contributed by atoms with van der Waals surface area (Å²) in [5, 5.41) is 2.57. The Bertz CT molecular complexity index is 740. The van der Waals surface area contributed by atoms with Crippen LogP contribution in [0.3, 0.4) is 0 Å². The number of likely N-dealkylation sites (tertiary alicyclic amines) is 1. The zero-order valence-corrected chi connectivity index (χ0v) is 15.7. The number of nitrogens with zero attached hydrogens (tertiary/aromatic N) is 1. The average Bonchev–Trinajstić information content (AvgIpc) is 2.71. The summed E-state index contributed by atoms with van der Waals surface area (Å²) >= 11 is 0. The van der Waals surface area contributed by atoms with Crippen molar-refractivity contribution in [1.29, 1.82) is 0 Å². The van der Waals surface area contributed by atoms with Gasteiger partial charge in [0.1, 0.15) is 5.75 Å². The summed E-state index contributed by atoms with van der Waals surface area (Å²) in [6, 6.07) is 4.98. The predicted molar refractivity (Wildman–Crippen MR) is 103 cm³/mol. The number of benzene rings is 1. The first kappa shape index (κ1) is 19.1. The molecule has 1 aromatic carbocycles. The standard InChI is InChI=1S/C21H26N2O4/c1-3-12-27-21(25)22-17-8-9-18(19(13-17)26-2)20(24)23-11-10-15-6-4-5-7-16(15)14-23/h1,8-9,13,15-16H,4-7,10-12,14H2,2H3,(H,22,25)/t15-,16+/m1/s1. The van der Waals surface area contributed by atoms with Gasteiger partial charge in [-0.2, -0.15) is 0 Å². The second-order valence-corrected chi connectivity index (χ2v) is 7.16. The number of fused-ring (bicyclic) bond motifs is 1. The molecule has 2 aliphatic rings. The van der Waals surface area contributed by atoms with Crippen LogP contribution in [0.1, 0.15) is 42.5 Å². The van der Waals surface area contributed by atoms with Crippen molar-refractivity contribution >= 4 is 17.7 Å². The van der Waals surface area contributed by atoms with Crippen LogP contribution >= 0.6 is 0 Å². The molecule has 2 atom stereocenters. The third kappa shape index (κ3) is 4.54. The minimum absolute atomic E-state index is 0.0164. The van der Waals surface area contributed by atoms with Gasteiger partial charge in [0, 0.05) is 24.8 Å². The van der Waals surface area contributed by atoms with Crippen LogP contribution in [0.2, 0.25) is 0 Å². The van der Waals surface area contributed by atoms with Crippen molar-refractivity contribution in [2.75, 3.05) is 32.1 Å². The summed E-state index contributed by atoms with van der Waals surface area (Å²) in [6.45, 7) is 1.52. The fourth-order valence-corrected chi connectivity index (χ4v) is 4.16. The smallest absolute Gasteiger partial charge is 0.412 e. The molecule has 0 unspecified atom stereocenters. The average molecular weight is 370 g/mol. The lowest BCUT2D eigenvalue weighted by atomic mass is 9.75. The molecule has 2 fully saturated rings. The Labute approximate surface area is 160 Å². The van der Waals surface area contributed by atoms with Crippen LogP contribution in [0.25, 0.3) is 0 Å². The van der Waals surface area contributed by atoms with E-state index in [1.165, 1.54) is 32.8 Å². The second kappa shape index (κ2) is 8.81. The van der Waals surface area contributed by atoms with Crippen LogP contribution in [0, 0.1) is 24.2 Å². The highest BCUT2D eigenvalue weighted by Gasteiger charge is 2.33. The van der Waals surface area contributed by atoms with Crippen molar-refractivity contribution < 1.29 is 19.1 Å². The van der Waals surface area contributed by atoms with Gasteiger partial charge in [0.15, 0.2) is 6.61 Å². The lowest BCUT2D eigenvalue weighted by molar-refractivity contribution is 0.0518. The number of hydrogen-bond acceptors (Lipinski definition) is 4. The van der Waals surface area contributed by atoms with Crippen molar-refractivity contribution in [3.63, 3.8) is 0 Å². The number of rotatable bonds is 4. The Hall–Kier alpha value is -2.68. The van der Waals surface area contributed by atoms with Crippen molar-refractivity contribution in [2.45, 2.75) is 32.1 Å². The molecule has 144 valence electrons. The molecule has 1 aliphatic heterocycles. The summed E-state index contributed by atoms with van der Waals surface area (Å²) in [5.74, 6) is 4.03. The number of terminal acetylenes is 1. The van der Waals surface area contributed by atoms with E-state index in [2.05, 4.69) is 11.2 Å². The van der Waals surface area contributed by atoms with Crippen molar-refractivity contribution in [3.05, 3.63) is 23.8 Å². The fourth-order valence-electron chi connectivity index (χ4n) is 4.16. The first-order chi connectivity index (χ1) is 13.1. The minimum Gasteiger partial charge on any atom is -0.496 e. The third-order valence-electron chi connectivity index (χ3n) is 5.54. The van der Waals surface area contributed by atoms with Crippen molar-refractivity contribution in [1.82, 2.24) is 4.90 Å². The van der Waals surface area contributed by atoms with E-state index in [-0.39, 0.29) is 12.5 Å². The van der Waals surface area contributed by atoms with E-state index in [4.69, 9.17) is 15.9 Å². The maximum Gasteiger partial charge on any atom is 0.412 e. The van der Waals surface area contributed by atoms with Crippen molar-refractivity contribution in [2.24, 2.45) is 11.8 Å². The van der Waals surface area contributed by atoms with E-state index in [0.29, 0.717) is 22.9 Å². The Kier molecular flexibility index (Phi) is 6.23. The van der Waals surface area contributed by atoms with Gasteiger partial charge in [-0.25, -0.2) is 4.79 Å². The van der Waals surface area contributed by atoms with Crippen molar-refractivity contribution in [3.8, 4) is 18.1 Å². The van der Waals surface area contributed by atoms with E-state index in [1.54, 1.807) is 18.2 Å².